The molecule has 0 fully saturated rings. The molecule has 2 rings (SSSR count). The van der Waals surface area contributed by atoms with Crippen molar-refractivity contribution in [2.75, 3.05) is 11.9 Å². The van der Waals surface area contributed by atoms with Gasteiger partial charge in [-0.3, -0.25) is 4.79 Å². The second kappa shape index (κ2) is 8.85. The summed E-state index contributed by atoms with van der Waals surface area (Å²) in [7, 11) is 0. The Morgan fingerprint density at radius 3 is 2.35 bits per heavy atom. The van der Waals surface area contributed by atoms with Gasteiger partial charge in [0, 0.05) is 15.6 Å². The Balaban J connectivity index is 1.97. The van der Waals surface area contributed by atoms with Crippen LogP contribution in [0.25, 0.3) is 0 Å². The van der Waals surface area contributed by atoms with Gasteiger partial charge in [-0.15, -0.1) is 11.8 Å². The van der Waals surface area contributed by atoms with Crippen molar-refractivity contribution in [1.29, 1.82) is 0 Å². The summed E-state index contributed by atoms with van der Waals surface area (Å²) in [6, 6.07) is 14.9. The first-order valence-electron chi connectivity index (χ1n) is 7.58. The molecule has 2 aromatic rings. The summed E-state index contributed by atoms with van der Waals surface area (Å²) in [5.74, 6) is 0.796. The van der Waals surface area contributed by atoms with Crippen molar-refractivity contribution in [3.63, 3.8) is 0 Å². The third kappa shape index (κ3) is 5.48. The number of anilines is 1. The summed E-state index contributed by atoms with van der Waals surface area (Å²) in [6.45, 7) is 4.57. The molecule has 0 aromatic heterocycles. The van der Waals surface area contributed by atoms with Crippen LogP contribution in [0, 0.1) is 0 Å². The van der Waals surface area contributed by atoms with E-state index in [0.717, 1.165) is 22.8 Å². The molecule has 1 unspecified atom stereocenters. The zero-order valence-corrected chi connectivity index (χ0v) is 14.8. The number of nitrogens with one attached hydrogen (secondary N) is 1. The molecular weight excluding hydrogens is 330 g/mol. The maximum Gasteiger partial charge on any atom is 0.237 e. The van der Waals surface area contributed by atoms with Crippen molar-refractivity contribution in [2.45, 2.75) is 30.4 Å². The molecule has 0 aliphatic carbocycles. The SMILES string of the molecule is CCOc1ccc(NC(=O)C(CC)Sc2ccc(Cl)cc2)cc1. The van der Waals surface area contributed by atoms with Crippen LogP contribution >= 0.6 is 23.4 Å². The maximum atomic E-state index is 12.4. The van der Waals surface area contributed by atoms with E-state index in [1.165, 1.54) is 0 Å². The van der Waals surface area contributed by atoms with Gasteiger partial charge in [0.1, 0.15) is 5.75 Å². The van der Waals surface area contributed by atoms with Crippen LogP contribution in [0.3, 0.4) is 0 Å². The number of hydrogen-bond acceptors (Lipinski definition) is 3. The number of amides is 1. The molecule has 0 saturated heterocycles. The van der Waals surface area contributed by atoms with Gasteiger partial charge in [-0.05, 0) is 61.9 Å². The zero-order valence-electron chi connectivity index (χ0n) is 13.2. The number of ether oxygens (including phenoxy) is 1. The van der Waals surface area contributed by atoms with Gasteiger partial charge in [-0.25, -0.2) is 0 Å². The van der Waals surface area contributed by atoms with Crippen LogP contribution in [0.4, 0.5) is 5.69 Å². The normalized spacial score (nSPS) is 11.8. The van der Waals surface area contributed by atoms with E-state index in [9.17, 15) is 4.79 Å². The number of benzene rings is 2. The summed E-state index contributed by atoms with van der Waals surface area (Å²) in [5, 5.41) is 3.50. The molecule has 1 N–H and O–H groups in total. The zero-order chi connectivity index (χ0) is 16.7. The smallest absolute Gasteiger partial charge is 0.237 e. The number of rotatable bonds is 7. The molecule has 3 nitrogen and oxygen atoms in total. The summed E-state index contributed by atoms with van der Waals surface area (Å²) in [4.78, 5) is 13.5. The van der Waals surface area contributed by atoms with Crippen molar-refractivity contribution in [2.24, 2.45) is 0 Å². The molecule has 0 heterocycles. The minimum Gasteiger partial charge on any atom is -0.494 e. The van der Waals surface area contributed by atoms with Crippen LogP contribution < -0.4 is 10.1 Å². The number of halogens is 1. The van der Waals surface area contributed by atoms with E-state index in [-0.39, 0.29) is 11.2 Å². The standard InChI is InChI=1S/C18H20ClNO2S/c1-3-17(23-16-11-5-13(19)6-12-16)18(21)20-14-7-9-15(10-8-14)22-4-2/h5-12,17H,3-4H2,1-2H3,(H,20,21). The predicted octanol–water partition coefficient (Wildman–Crippen LogP) is 5.25. The average Bonchev–Trinajstić information content (AvgIpc) is 2.56. The summed E-state index contributed by atoms with van der Waals surface area (Å²) in [5.41, 5.74) is 0.772. The van der Waals surface area contributed by atoms with Gasteiger partial charge in [0.05, 0.1) is 11.9 Å². The predicted molar refractivity (Wildman–Crippen MR) is 97.6 cm³/mol. The van der Waals surface area contributed by atoms with Crippen LogP contribution in [0.5, 0.6) is 5.75 Å². The maximum absolute atomic E-state index is 12.4. The molecule has 23 heavy (non-hydrogen) atoms. The summed E-state index contributed by atoms with van der Waals surface area (Å²) in [6.07, 6.45) is 0.746. The minimum atomic E-state index is -0.150. The highest BCUT2D eigenvalue weighted by Crippen LogP contribution is 2.27. The van der Waals surface area contributed by atoms with Crippen molar-refractivity contribution in [1.82, 2.24) is 0 Å². The fraction of sp³-hybridized carbons (Fsp3) is 0.278. The van der Waals surface area contributed by atoms with E-state index in [1.807, 2.05) is 62.4 Å². The van der Waals surface area contributed by atoms with Crippen molar-refractivity contribution < 1.29 is 9.53 Å². The molecule has 0 spiro atoms. The lowest BCUT2D eigenvalue weighted by atomic mass is 10.2. The molecule has 1 amide bonds. The Kier molecular flexibility index (Phi) is 6.81. The molecule has 0 aliphatic rings. The van der Waals surface area contributed by atoms with Crippen molar-refractivity contribution >= 4 is 35.0 Å². The lowest BCUT2D eigenvalue weighted by Crippen LogP contribution is -2.24. The van der Waals surface area contributed by atoms with E-state index in [0.29, 0.717) is 11.6 Å². The molecule has 0 bridgehead atoms. The molecule has 0 radical (unpaired) electrons. The molecule has 5 heteroatoms. The first-order chi connectivity index (χ1) is 11.1. The highest BCUT2D eigenvalue weighted by Gasteiger charge is 2.18. The van der Waals surface area contributed by atoms with Gasteiger partial charge >= 0.3 is 0 Å². The second-order valence-corrected chi connectivity index (χ2v) is 6.63. The van der Waals surface area contributed by atoms with Gasteiger partial charge in [-0.2, -0.15) is 0 Å². The van der Waals surface area contributed by atoms with Crippen LogP contribution in [0.1, 0.15) is 20.3 Å². The Morgan fingerprint density at radius 2 is 1.78 bits per heavy atom. The average molecular weight is 350 g/mol. The second-order valence-electron chi connectivity index (χ2n) is 4.92. The highest BCUT2D eigenvalue weighted by molar-refractivity contribution is 8.00. The molecule has 0 aliphatic heterocycles. The van der Waals surface area contributed by atoms with Gasteiger partial charge in [0.15, 0.2) is 0 Å². The number of carbonyl (C=O) groups excluding carboxylic acids is 1. The van der Waals surface area contributed by atoms with Crippen molar-refractivity contribution in [3.05, 3.63) is 53.6 Å². The third-order valence-electron chi connectivity index (χ3n) is 3.19. The van der Waals surface area contributed by atoms with Gasteiger partial charge in [0.2, 0.25) is 5.91 Å². The molecule has 1 atom stereocenters. The van der Waals surface area contributed by atoms with Crippen molar-refractivity contribution in [3.8, 4) is 5.75 Å². The largest absolute Gasteiger partial charge is 0.494 e. The topological polar surface area (TPSA) is 38.3 Å². The molecule has 0 saturated carbocycles. The number of carbonyl (C=O) groups is 1. The van der Waals surface area contributed by atoms with Gasteiger partial charge < -0.3 is 10.1 Å². The minimum absolute atomic E-state index is 0.00314. The molecule has 2 aromatic carbocycles. The van der Waals surface area contributed by atoms with Crippen LogP contribution in [-0.2, 0) is 4.79 Å². The van der Waals surface area contributed by atoms with E-state index in [4.69, 9.17) is 16.3 Å². The Hall–Kier alpha value is -1.65. The lowest BCUT2D eigenvalue weighted by molar-refractivity contribution is -0.115. The monoisotopic (exact) mass is 349 g/mol. The van der Waals surface area contributed by atoms with Crippen LogP contribution in [-0.4, -0.2) is 17.8 Å². The summed E-state index contributed by atoms with van der Waals surface area (Å²) >= 11 is 7.43. The number of thioether (sulfide) groups is 1. The number of hydrogen-bond donors (Lipinski definition) is 1. The Labute approximate surface area is 146 Å². The highest BCUT2D eigenvalue weighted by atomic mass is 35.5. The van der Waals surface area contributed by atoms with E-state index >= 15 is 0 Å². The Morgan fingerprint density at radius 1 is 1.13 bits per heavy atom. The third-order valence-corrected chi connectivity index (χ3v) is 4.82. The van der Waals surface area contributed by atoms with E-state index in [1.54, 1.807) is 11.8 Å². The fourth-order valence-electron chi connectivity index (χ4n) is 2.02. The molecular formula is C18H20ClNO2S. The fourth-order valence-corrected chi connectivity index (χ4v) is 3.10. The Bertz CT molecular complexity index is 628. The van der Waals surface area contributed by atoms with Crippen LogP contribution in [0.15, 0.2) is 53.4 Å². The van der Waals surface area contributed by atoms with Gasteiger partial charge in [-0.1, -0.05) is 18.5 Å². The lowest BCUT2D eigenvalue weighted by Gasteiger charge is -2.15. The quantitative estimate of drug-likeness (QED) is 0.694. The van der Waals surface area contributed by atoms with E-state index < -0.39 is 0 Å². The first-order valence-corrected chi connectivity index (χ1v) is 8.84. The van der Waals surface area contributed by atoms with Crippen LogP contribution in [0.2, 0.25) is 5.02 Å². The van der Waals surface area contributed by atoms with E-state index in [2.05, 4.69) is 5.32 Å². The molecule has 122 valence electrons. The first kappa shape index (κ1) is 17.7. The summed E-state index contributed by atoms with van der Waals surface area (Å²) < 4.78 is 5.40. The van der Waals surface area contributed by atoms with Gasteiger partial charge in [0.25, 0.3) is 0 Å².